The van der Waals surface area contributed by atoms with E-state index in [1.807, 2.05) is 19.1 Å². The second kappa shape index (κ2) is 5.14. The zero-order chi connectivity index (χ0) is 13.1. The summed E-state index contributed by atoms with van der Waals surface area (Å²) in [4.78, 5) is 0. The third kappa shape index (κ3) is 2.65. The van der Waals surface area contributed by atoms with Gasteiger partial charge in [-0.1, -0.05) is 12.1 Å². The molecule has 0 aliphatic heterocycles. The standard InChI is InChI=1S/C14H13F2NO/c1-9-2-3-10(8-17)14(6-9)18-13-5-4-11(15)7-12(13)16/h2-7H,8,17H2,1H3. The van der Waals surface area contributed by atoms with Gasteiger partial charge in [-0.2, -0.15) is 0 Å². The van der Waals surface area contributed by atoms with E-state index in [2.05, 4.69) is 0 Å². The van der Waals surface area contributed by atoms with Gasteiger partial charge >= 0.3 is 0 Å². The molecule has 0 aromatic heterocycles. The number of ether oxygens (including phenoxy) is 1. The number of nitrogens with two attached hydrogens (primary N) is 1. The van der Waals surface area contributed by atoms with Crippen molar-refractivity contribution in [3.05, 3.63) is 59.2 Å². The largest absolute Gasteiger partial charge is 0.454 e. The quantitative estimate of drug-likeness (QED) is 0.903. The number of rotatable bonds is 3. The van der Waals surface area contributed by atoms with Gasteiger partial charge in [0, 0.05) is 18.2 Å². The Morgan fingerprint density at radius 1 is 1.06 bits per heavy atom. The molecule has 0 saturated carbocycles. The number of hydrogen-bond acceptors (Lipinski definition) is 2. The lowest BCUT2D eigenvalue weighted by molar-refractivity contribution is 0.433. The van der Waals surface area contributed by atoms with Crippen molar-refractivity contribution >= 4 is 0 Å². The Morgan fingerprint density at radius 3 is 2.50 bits per heavy atom. The van der Waals surface area contributed by atoms with E-state index >= 15 is 0 Å². The zero-order valence-electron chi connectivity index (χ0n) is 9.91. The highest BCUT2D eigenvalue weighted by Crippen LogP contribution is 2.28. The Hall–Kier alpha value is -1.94. The third-order valence-electron chi connectivity index (χ3n) is 2.56. The molecule has 18 heavy (non-hydrogen) atoms. The fourth-order valence-corrected chi connectivity index (χ4v) is 1.60. The summed E-state index contributed by atoms with van der Waals surface area (Å²) in [6, 6.07) is 8.68. The van der Waals surface area contributed by atoms with Crippen molar-refractivity contribution in [1.29, 1.82) is 0 Å². The van der Waals surface area contributed by atoms with Gasteiger partial charge in [-0.15, -0.1) is 0 Å². The first-order chi connectivity index (χ1) is 8.60. The van der Waals surface area contributed by atoms with Crippen LogP contribution in [0, 0.1) is 18.6 Å². The Labute approximate surface area is 104 Å². The van der Waals surface area contributed by atoms with Crippen molar-refractivity contribution in [2.24, 2.45) is 5.73 Å². The van der Waals surface area contributed by atoms with Crippen LogP contribution in [0.4, 0.5) is 8.78 Å². The molecule has 0 atom stereocenters. The predicted molar refractivity (Wildman–Crippen MR) is 65.5 cm³/mol. The molecule has 4 heteroatoms. The molecule has 94 valence electrons. The van der Waals surface area contributed by atoms with Crippen LogP contribution >= 0.6 is 0 Å². The predicted octanol–water partition coefficient (Wildman–Crippen LogP) is 3.52. The molecule has 0 radical (unpaired) electrons. The molecule has 0 unspecified atom stereocenters. The van der Waals surface area contributed by atoms with Gasteiger partial charge in [0.15, 0.2) is 11.6 Å². The van der Waals surface area contributed by atoms with Gasteiger partial charge in [-0.05, 0) is 30.7 Å². The summed E-state index contributed by atoms with van der Waals surface area (Å²) < 4.78 is 31.7. The second-order valence-corrected chi connectivity index (χ2v) is 3.99. The number of halogens is 2. The lowest BCUT2D eigenvalue weighted by atomic mass is 10.1. The second-order valence-electron chi connectivity index (χ2n) is 3.99. The maximum atomic E-state index is 13.5. The van der Waals surface area contributed by atoms with Crippen LogP contribution in [0.2, 0.25) is 0 Å². The van der Waals surface area contributed by atoms with E-state index in [-0.39, 0.29) is 5.75 Å². The first-order valence-corrected chi connectivity index (χ1v) is 5.52. The summed E-state index contributed by atoms with van der Waals surface area (Å²) in [7, 11) is 0. The minimum Gasteiger partial charge on any atom is -0.454 e. The van der Waals surface area contributed by atoms with Crippen molar-refractivity contribution in [1.82, 2.24) is 0 Å². The number of aryl methyl sites for hydroxylation is 1. The lowest BCUT2D eigenvalue weighted by Gasteiger charge is -2.11. The molecular weight excluding hydrogens is 236 g/mol. The fraction of sp³-hybridized carbons (Fsp3) is 0.143. The Kier molecular flexibility index (Phi) is 3.58. The van der Waals surface area contributed by atoms with Gasteiger partial charge in [0.1, 0.15) is 11.6 Å². The van der Waals surface area contributed by atoms with Crippen molar-refractivity contribution in [3.8, 4) is 11.5 Å². The van der Waals surface area contributed by atoms with E-state index < -0.39 is 11.6 Å². The molecule has 0 bridgehead atoms. The molecule has 0 amide bonds. The minimum absolute atomic E-state index is 0.0169. The molecule has 2 rings (SSSR count). The highest BCUT2D eigenvalue weighted by atomic mass is 19.1. The van der Waals surface area contributed by atoms with E-state index in [9.17, 15) is 8.78 Å². The summed E-state index contributed by atoms with van der Waals surface area (Å²) in [5, 5.41) is 0. The van der Waals surface area contributed by atoms with Crippen LogP contribution in [0.15, 0.2) is 36.4 Å². The van der Waals surface area contributed by atoms with E-state index in [1.165, 1.54) is 6.07 Å². The van der Waals surface area contributed by atoms with E-state index in [0.717, 1.165) is 23.3 Å². The fourth-order valence-electron chi connectivity index (χ4n) is 1.60. The van der Waals surface area contributed by atoms with Gasteiger partial charge in [0.05, 0.1) is 0 Å². The summed E-state index contributed by atoms with van der Waals surface area (Å²) >= 11 is 0. The molecule has 0 heterocycles. The summed E-state index contributed by atoms with van der Waals surface area (Å²) in [5.41, 5.74) is 7.33. The van der Waals surface area contributed by atoms with Crippen LogP contribution in [0.3, 0.4) is 0 Å². The van der Waals surface area contributed by atoms with Gasteiger partial charge in [-0.25, -0.2) is 8.78 Å². The van der Waals surface area contributed by atoms with E-state index in [4.69, 9.17) is 10.5 Å². The molecule has 0 saturated heterocycles. The Morgan fingerprint density at radius 2 is 1.83 bits per heavy atom. The number of hydrogen-bond donors (Lipinski definition) is 1. The maximum Gasteiger partial charge on any atom is 0.168 e. The lowest BCUT2D eigenvalue weighted by Crippen LogP contribution is -2.00. The molecular formula is C14H13F2NO. The summed E-state index contributed by atoms with van der Waals surface area (Å²) in [6.07, 6.45) is 0. The van der Waals surface area contributed by atoms with Crippen LogP contribution in [0.5, 0.6) is 11.5 Å². The molecule has 0 aliphatic rings. The highest BCUT2D eigenvalue weighted by molar-refractivity contribution is 5.40. The Balaban J connectivity index is 2.36. The minimum atomic E-state index is -0.737. The van der Waals surface area contributed by atoms with Crippen LogP contribution in [-0.2, 0) is 6.54 Å². The molecule has 2 nitrogen and oxygen atoms in total. The van der Waals surface area contributed by atoms with E-state index in [0.29, 0.717) is 12.3 Å². The van der Waals surface area contributed by atoms with Gasteiger partial charge in [0.2, 0.25) is 0 Å². The van der Waals surface area contributed by atoms with Gasteiger partial charge < -0.3 is 10.5 Å². The van der Waals surface area contributed by atoms with Crippen LogP contribution in [0.25, 0.3) is 0 Å². The topological polar surface area (TPSA) is 35.2 Å². The normalized spacial score (nSPS) is 10.4. The molecule has 2 aromatic carbocycles. The third-order valence-corrected chi connectivity index (χ3v) is 2.56. The van der Waals surface area contributed by atoms with Crippen LogP contribution in [-0.4, -0.2) is 0 Å². The van der Waals surface area contributed by atoms with Gasteiger partial charge in [0.25, 0.3) is 0 Å². The monoisotopic (exact) mass is 249 g/mol. The average molecular weight is 249 g/mol. The van der Waals surface area contributed by atoms with E-state index in [1.54, 1.807) is 6.07 Å². The molecule has 0 spiro atoms. The average Bonchev–Trinajstić information content (AvgIpc) is 2.33. The van der Waals surface area contributed by atoms with Crippen molar-refractivity contribution in [2.45, 2.75) is 13.5 Å². The molecule has 0 aliphatic carbocycles. The summed E-state index contributed by atoms with van der Waals surface area (Å²) in [6.45, 7) is 2.19. The van der Waals surface area contributed by atoms with Crippen molar-refractivity contribution < 1.29 is 13.5 Å². The molecule has 0 fully saturated rings. The van der Waals surface area contributed by atoms with Crippen molar-refractivity contribution in [2.75, 3.05) is 0 Å². The van der Waals surface area contributed by atoms with Crippen LogP contribution < -0.4 is 10.5 Å². The first-order valence-electron chi connectivity index (χ1n) is 5.52. The van der Waals surface area contributed by atoms with Crippen molar-refractivity contribution in [3.63, 3.8) is 0 Å². The summed E-state index contributed by atoms with van der Waals surface area (Å²) in [5.74, 6) is -0.901. The SMILES string of the molecule is Cc1ccc(CN)c(Oc2ccc(F)cc2F)c1. The van der Waals surface area contributed by atoms with Gasteiger partial charge in [-0.3, -0.25) is 0 Å². The zero-order valence-corrected chi connectivity index (χ0v) is 9.91. The molecule has 2 N–H and O–H groups in total. The highest BCUT2D eigenvalue weighted by Gasteiger charge is 2.09. The number of benzene rings is 2. The molecule has 2 aromatic rings. The maximum absolute atomic E-state index is 13.5. The first kappa shape index (κ1) is 12.5. The smallest absolute Gasteiger partial charge is 0.168 e. The van der Waals surface area contributed by atoms with Crippen LogP contribution in [0.1, 0.15) is 11.1 Å². The Bertz CT molecular complexity index is 570.